The number of phenolic OH excluding ortho intramolecular Hbond substituents is 1. The molecule has 0 aromatic heterocycles. The number of phenols is 1. The molecule has 1 N–H and O–H groups in total. The second-order valence-corrected chi connectivity index (χ2v) is 4.78. The van der Waals surface area contributed by atoms with Gasteiger partial charge in [0.2, 0.25) is 0 Å². The van der Waals surface area contributed by atoms with Crippen LogP contribution in [0.25, 0.3) is 0 Å². The monoisotopic (exact) mass is 322 g/mol. The summed E-state index contributed by atoms with van der Waals surface area (Å²) in [7, 11) is 6.62. The van der Waals surface area contributed by atoms with Crippen molar-refractivity contribution in [3.05, 3.63) is 29.8 Å². The smallest absolute Gasteiger partial charge is 0.115 e. The first-order chi connectivity index (χ1) is 6.47. The number of aromatic hydroxyl groups is 1. The molecule has 0 heterocycles. The minimum absolute atomic E-state index is 0. The molecule has 0 radical (unpaired) electrons. The van der Waals surface area contributed by atoms with Crippen LogP contribution in [0.2, 0.25) is 0 Å². The molecule has 0 atom stereocenters. The zero-order valence-electron chi connectivity index (χ0n) is 9.73. The SMILES string of the molecule is C[N+](C)(C)CCCc1ccc(O)cc1.I. The van der Waals surface area contributed by atoms with E-state index in [-0.39, 0.29) is 24.0 Å². The Labute approximate surface area is 110 Å². The molecule has 0 saturated carbocycles. The standard InChI is InChI=1S/C12H19NO.HI/c1-13(2,3)10-4-5-11-6-8-12(14)9-7-11;/h6-9H,4-5,10H2,1-3H3;1H/p+1. The lowest BCUT2D eigenvalue weighted by Gasteiger charge is -2.23. The summed E-state index contributed by atoms with van der Waals surface area (Å²) in [5.41, 5.74) is 1.30. The molecule has 1 rings (SSSR count). The van der Waals surface area contributed by atoms with Crippen LogP contribution in [0.1, 0.15) is 12.0 Å². The van der Waals surface area contributed by atoms with Gasteiger partial charge in [0.25, 0.3) is 0 Å². The van der Waals surface area contributed by atoms with E-state index in [0.29, 0.717) is 5.75 Å². The first-order valence-corrected chi connectivity index (χ1v) is 5.06. The predicted molar refractivity (Wildman–Crippen MR) is 74.7 cm³/mol. The van der Waals surface area contributed by atoms with Crippen molar-refractivity contribution in [1.82, 2.24) is 0 Å². The molecule has 0 saturated heterocycles. The molecule has 0 aliphatic heterocycles. The molecular formula is C12H21INO+. The first kappa shape index (κ1) is 14.7. The highest BCUT2D eigenvalue weighted by Gasteiger charge is 2.05. The maximum Gasteiger partial charge on any atom is 0.115 e. The van der Waals surface area contributed by atoms with Crippen LogP contribution in [0, 0.1) is 0 Å². The van der Waals surface area contributed by atoms with Gasteiger partial charge in [-0.2, -0.15) is 0 Å². The summed E-state index contributed by atoms with van der Waals surface area (Å²) in [6.07, 6.45) is 2.28. The molecule has 15 heavy (non-hydrogen) atoms. The predicted octanol–water partition coefficient (Wildman–Crippen LogP) is 2.65. The van der Waals surface area contributed by atoms with Gasteiger partial charge in [-0.25, -0.2) is 0 Å². The maximum absolute atomic E-state index is 9.11. The molecule has 1 aromatic rings. The molecule has 0 bridgehead atoms. The summed E-state index contributed by atoms with van der Waals surface area (Å²) >= 11 is 0. The third-order valence-corrected chi connectivity index (χ3v) is 2.23. The average molecular weight is 322 g/mol. The summed E-state index contributed by atoms with van der Waals surface area (Å²) in [5.74, 6) is 0.348. The first-order valence-electron chi connectivity index (χ1n) is 5.06. The van der Waals surface area contributed by atoms with E-state index in [4.69, 9.17) is 5.11 Å². The Morgan fingerprint density at radius 1 is 1.07 bits per heavy atom. The lowest BCUT2D eigenvalue weighted by Crippen LogP contribution is -2.35. The van der Waals surface area contributed by atoms with Gasteiger partial charge in [-0.15, -0.1) is 24.0 Å². The summed E-state index contributed by atoms with van der Waals surface area (Å²) in [6.45, 7) is 1.18. The highest BCUT2D eigenvalue weighted by atomic mass is 127. The fraction of sp³-hybridized carbons (Fsp3) is 0.500. The van der Waals surface area contributed by atoms with Gasteiger partial charge >= 0.3 is 0 Å². The minimum atomic E-state index is 0. The molecule has 3 heteroatoms. The van der Waals surface area contributed by atoms with Gasteiger partial charge < -0.3 is 9.59 Å². The van der Waals surface area contributed by atoms with E-state index in [0.717, 1.165) is 10.9 Å². The van der Waals surface area contributed by atoms with Gasteiger partial charge in [0.15, 0.2) is 0 Å². The summed E-state index contributed by atoms with van der Waals surface area (Å²) < 4.78 is 1.01. The number of rotatable bonds is 4. The Morgan fingerprint density at radius 2 is 1.60 bits per heavy atom. The molecule has 86 valence electrons. The number of hydrogen-bond donors (Lipinski definition) is 1. The van der Waals surface area contributed by atoms with E-state index < -0.39 is 0 Å². The Bertz CT molecular complexity index is 277. The third kappa shape index (κ3) is 6.73. The average Bonchev–Trinajstić information content (AvgIpc) is 2.06. The van der Waals surface area contributed by atoms with Gasteiger partial charge in [0.05, 0.1) is 27.7 Å². The molecular weight excluding hydrogens is 301 g/mol. The molecule has 0 unspecified atom stereocenters. The van der Waals surface area contributed by atoms with Crippen molar-refractivity contribution < 1.29 is 9.59 Å². The number of hydrogen-bond acceptors (Lipinski definition) is 1. The second-order valence-electron chi connectivity index (χ2n) is 4.78. The molecule has 0 spiro atoms. The van der Waals surface area contributed by atoms with Crippen molar-refractivity contribution in [3.8, 4) is 5.75 Å². The van der Waals surface area contributed by atoms with Gasteiger partial charge in [0.1, 0.15) is 5.75 Å². The lowest BCUT2D eigenvalue weighted by atomic mass is 10.1. The van der Waals surface area contributed by atoms with Crippen LogP contribution in [0.15, 0.2) is 24.3 Å². The number of nitrogens with zero attached hydrogens (tertiary/aromatic N) is 1. The van der Waals surface area contributed by atoms with Crippen molar-refractivity contribution in [1.29, 1.82) is 0 Å². The van der Waals surface area contributed by atoms with Crippen LogP contribution in [-0.4, -0.2) is 37.3 Å². The fourth-order valence-corrected chi connectivity index (χ4v) is 1.42. The van der Waals surface area contributed by atoms with Crippen LogP contribution in [0.5, 0.6) is 5.75 Å². The van der Waals surface area contributed by atoms with Crippen LogP contribution < -0.4 is 0 Å². The van der Waals surface area contributed by atoms with Crippen molar-refractivity contribution in [2.45, 2.75) is 12.8 Å². The van der Waals surface area contributed by atoms with E-state index in [9.17, 15) is 0 Å². The zero-order valence-corrected chi connectivity index (χ0v) is 12.1. The normalized spacial score (nSPS) is 10.9. The van der Waals surface area contributed by atoms with Crippen LogP contribution in [0.3, 0.4) is 0 Å². The molecule has 0 aliphatic rings. The summed E-state index contributed by atoms with van der Waals surface area (Å²) in [5, 5.41) is 9.11. The van der Waals surface area contributed by atoms with Crippen molar-refractivity contribution in [2.24, 2.45) is 0 Å². The van der Waals surface area contributed by atoms with E-state index in [1.54, 1.807) is 12.1 Å². The van der Waals surface area contributed by atoms with Gasteiger partial charge in [0, 0.05) is 6.42 Å². The second kappa shape index (κ2) is 6.33. The van der Waals surface area contributed by atoms with Crippen molar-refractivity contribution >= 4 is 24.0 Å². The third-order valence-electron chi connectivity index (χ3n) is 2.23. The molecule has 2 nitrogen and oxygen atoms in total. The quantitative estimate of drug-likeness (QED) is 0.667. The largest absolute Gasteiger partial charge is 0.508 e. The Kier molecular flexibility index (Phi) is 6.20. The molecule has 0 aliphatic carbocycles. The van der Waals surface area contributed by atoms with E-state index in [1.807, 2.05) is 12.1 Å². The highest BCUT2D eigenvalue weighted by Crippen LogP contribution is 2.11. The number of halogens is 1. The summed E-state index contributed by atoms with van der Waals surface area (Å²) in [4.78, 5) is 0. The topological polar surface area (TPSA) is 20.2 Å². The molecule has 0 fully saturated rings. The van der Waals surface area contributed by atoms with Crippen LogP contribution in [0.4, 0.5) is 0 Å². The Morgan fingerprint density at radius 3 is 2.07 bits per heavy atom. The Balaban J connectivity index is 0.00000196. The van der Waals surface area contributed by atoms with Gasteiger partial charge in [-0.1, -0.05) is 12.1 Å². The van der Waals surface area contributed by atoms with E-state index >= 15 is 0 Å². The highest BCUT2D eigenvalue weighted by molar-refractivity contribution is 14.0. The minimum Gasteiger partial charge on any atom is -0.508 e. The van der Waals surface area contributed by atoms with E-state index in [2.05, 4.69) is 21.1 Å². The number of benzene rings is 1. The summed E-state index contributed by atoms with van der Waals surface area (Å²) in [6, 6.07) is 7.48. The maximum atomic E-state index is 9.11. The van der Waals surface area contributed by atoms with Crippen LogP contribution >= 0.6 is 24.0 Å². The van der Waals surface area contributed by atoms with Crippen molar-refractivity contribution in [3.63, 3.8) is 0 Å². The Hall–Kier alpha value is -0.290. The lowest BCUT2D eigenvalue weighted by molar-refractivity contribution is -0.870. The molecule has 0 amide bonds. The number of quaternary nitrogens is 1. The number of aryl methyl sites for hydroxylation is 1. The zero-order chi connectivity index (χ0) is 10.6. The van der Waals surface area contributed by atoms with E-state index in [1.165, 1.54) is 18.5 Å². The van der Waals surface area contributed by atoms with Gasteiger partial charge in [-0.05, 0) is 24.1 Å². The molecule has 1 aromatic carbocycles. The van der Waals surface area contributed by atoms with Crippen molar-refractivity contribution in [2.75, 3.05) is 27.7 Å². The van der Waals surface area contributed by atoms with Crippen LogP contribution in [-0.2, 0) is 6.42 Å². The fourth-order valence-electron chi connectivity index (χ4n) is 1.42. The van der Waals surface area contributed by atoms with Gasteiger partial charge in [-0.3, -0.25) is 0 Å².